The number of benzene rings is 1. The number of nitrogens with zero attached hydrogens (tertiary/aromatic N) is 7. The molecule has 0 radical (unpaired) electrons. The summed E-state index contributed by atoms with van der Waals surface area (Å²) < 4.78 is 16.0. The average molecular weight is 651 g/mol. The van der Waals surface area contributed by atoms with Gasteiger partial charge in [0.05, 0.1) is 35.4 Å². The van der Waals surface area contributed by atoms with Crippen LogP contribution in [0.25, 0.3) is 0 Å². The Bertz CT molecular complexity index is 1720. The first-order valence-electron chi connectivity index (χ1n) is 13.6. The van der Waals surface area contributed by atoms with Crippen molar-refractivity contribution in [3.05, 3.63) is 85.2 Å². The summed E-state index contributed by atoms with van der Waals surface area (Å²) in [6.45, 7) is 0.282. The van der Waals surface area contributed by atoms with E-state index in [9.17, 15) is 23.7 Å². The zero-order valence-corrected chi connectivity index (χ0v) is 26.4. The molecule has 1 atom stereocenters. The first kappa shape index (κ1) is 32.9. The van der Waals surface area contributed by atoms with Crippen molar-refractivity contribution in [3.8, 4) is 6.07 Å². The Labute approximate surface area is 268 Å². The molecule has 0 aliphatic carbocycles. The molecule has 0 fully saturated rings. The molecule has 0 saturated carbocycles. The summed E-state index contributed by atoms with van der Waals surface area (Å²) in [5.41, 5.74) is 1.67. The lowest BCUT2D eigenvalue weighted by atomic mass is 10.2. The van der Waals surface area contributed by atoms with Crippen LogP contribution in [0.5, 0.6) is 0 Å². The van der Waals surface area contributed by atoms with E-state index in [1.165, 1.54) is 65.6 Å². The molecule has 0 bridgehead atoms. The van der Waals surface area contributed by atoms with Crippen molar-refractivity contribution >= 4 is 63.8 Å². The maximum atomic E-state index is 13.2. The van der Waals surface area contributed by atoms with E-state index in [0.717, 1.165) is 0 Å². The summed E-state index contributed by atoms with van der Waals surface area (Å²) in [5.74, 6) is 0.197. The third kappa shape index (κ3) is 7.76. The van der Waals surface area contributed by atoms with Crippen LogP contribution in [0.3, 0.4) is 0 Å². The number of carbonyl (C=O) groups excluding carboxylic acids is 4. The molecule has 234 valence electrons. The van der Waals surface area contributed by atoms with E-state index in [4.69, 9.17) is 16.9 Å². The van der Waals surface area contributed by atoms with Crippen molar-refractivity contribution in [2.24, 2.45) is 0 Å². The second kappa shape index (κ2) is 14.7. The van der Waals surface area contributed by atoms with Crippen LogP contribution in [0.2, 0.25) is 0 Å². The summed E-state index contributed by atoms with van der Waals surface area (Å²) in [6.07, 6.45) is 9.27. The molecule has 0 saturated heterocycles. The molecular formula is C30H31ClN8O5S. The number of hydrogen-bond acceptors (Lipinski definition) is 6. The number of anilines is 3. The molecule has 0 aliphatic rings. The number of carbonyl (C=O) groups is 4. The molecule has 4 aromatic rings. The highest BCUT2D eigenvalue weighted by Gasteiger charge is 2.20. The van der Waals surface area contributed by atoms with Gasteiger partial charge in [-0.2, -0.15) is 5.26 Å². The van der Waals surface area contributed by atoms with E-state index in [1.54, 1.807) is 63.6 Å². The van der Waals surface area contributed by atoms with Gasteiger partial charge >= 0.3 is 18.1 Å². The molecule has 4 amide bonds. The predicted octanol–water partition coefficient (Wildman–Crippen LogP) is 4.71. The minimum Gasteiger partial charge on any atom is -0.611 e. The highest BCUT2D eigenvalue weighted by atomic mass is 35.5. The lowest BCUT2D eigenvalue weighted by molar-refractivity contribution is 0.102. The fraction of sp³-hybridized carbons (Fsp3) is 0.233. The molecule has 1 unspecified atom stereocenters. The lowest BCUT2D eigenvalue weighted by Gasteiger charge is -2.18. The average Bonchev–Trinajstić information content (AvgIpc) is 3.84. The van der Waals surface area contributed by atoms with E-state index in [-0.39, 0.29) is 24.9 Å². The smallest absolute Gasteiger partial charge is 0.332 e. The SMILES string of the molecule is CN(CCC#N)C(=O)n1ccc(N(C)C(=O)n2ccc(N(C)C(=O)n3ccc(NC(=O)c4ccc([S+]([O-])CCCl)cc4)c3)c2)c1. The van der Waals surface area contributed by atoms with Gasteiger partial charge in [0, 0.05) is 70.4 Å². The van der Waals surface area contributed by atoms with Crippen LogP contribution in [0.1, 0.15) is 16.8 Å². The molecule has 3 aromatic heterocycles. The fourth-order valence-corrected chi connectivity index (χ4v) is 5.46. The molecule has 3 heterocycles. The quantitative estimate of drug-likeness (QED) is 0.205. The summed E-state index contributed by atoms with van der Waals surface area (Å²) in [6, 6.07) is 12.0. The van der Waals surface area contributed by atoms with Crippen molar-refractivity contribution in [1.29, 1.82) is 5.26 Å². The molecule has 0 spiro atoms. The fourth-order valence-electron chi connectivity index (χ4n) is 4.22. The van der Waals surface area contributed by atoms with Gasteiger partial charge in [0.1, 0.15) is 5.75 Å². The normalized spacial score (nSPS) is 11.4. The van der Waals surface area contributed by atoms with Crippen LogP contribution in [0, 0.1) is 11.3 Å². The largest absolute Gasteiger partial charge is 0.611 e. The van der Waals surface area contributed by atoms with Gasteiger partial charge < -0.3 is 14.8 Å². The van der Waals surface area contributed by atoms with E-state index in [0.29, 0.717) is 33.3 Å². The molecule has 0 aliphatic heterocycles. The Morgan fingerprint density at radius 1 is 0.844 bits per heavy atom. The monoisotopic (exact) mass is 650 g/mol. The minimum atomic E-state index is -1.23. The lowest BCUT2D eigenvalue weighted by Crippen LogP contribution is -2.32. The van der Waals surface area contributed by atoms with Crippen LogP contribution in [0.4, 0.5) is 31.4 Å². The van der Waals surface area contributed by atoms with E-state index in [1.807, 2.05) is 6.07 Å². The Morgan fingerprint density at radius 2 is 1.38 bits per heavy atom. The maximum Gasteiger partial charge on any atom is 0.332 e. The van der Waals surface area contributed by atoms with Crippen LogP contribution in [-0.2, 0) is 11.2 Å². The molecular weight excluding hydrogens is 620 g/mol. The summed E-state index contributed by atoms with van der Waals surface area (Å²) in [4.78, 5) is 56.3. The highest BCUT2D eigenvalue weighted by molar-refractivity contribution is 7.91. The first-order valence-corrected chi connectivity index (χ1v) is 15.5. The van der Waals surface area contributed by atoms with Crippen molar-refractivity contribution in [3.63, 3.8) is 0 Å². The first-order chi connectivity index (χ1) is 21.5. The number of nitriles is 1. The van der Waals surface area contributed by atoms with Gasteiger partial charge in [-0.3, -0.25) is 28.3 Å². The predicted molar refractivity (Wildman–Crippen MR) is 172 cm³/mol. The number of aromatic nitrogens is 3. The van der Waals surface area contributed by atoms with E-state index < -0.39 is 29.1 Å². The van der Waals surface area contributed by atoms with Crippen LogP contribution < -0.4 is 15.1 Å². The van der Waals surface area contributed by atoms with Gasteiger partial charge in [0.25, 0.3) is 5.91 Å². The van der Waals surface area contributed by atoms with Gasteiger partial charge in [-0.1, -0.05) is 0 Å². The third-order valence-electron chi connectivity index (χ3n) is 6.84. The molecule has 15 heteroatoms. The number of halogens is 1. The Kier molecular flexibility index (Phi) is 10.7. The molecule has 1 aromatic carbocycles. The van der Waals surface area contributed by atoms with Gasteiger partial charge in [-0.05, 0) is 53.6 Å². The zero-order valence-electron chi connectivity index (χ0n) is 24.8. The highest BCUT2D eigenvalue weighted by Crippen LogP contribution is 2.20. The second-order valence-electron chi connectivity index (χ2n) is 9.87. The van der Waals surface area contributed by atoms with Crippen LogP contribution in [-0.4, -0.2) is 86.5 Å². The minimum absolute atomic E-state index is 0.209. The zero-order chi connectivity index (χ0) is 32.7. The number of amides is 4. The van der Waals surface area contributed by atoms with Gasteiger partial charge in [-0.25, -0.2) is 14.4 Å². The van der Waals surface area contributed by atoms with Crippen molar-refractivity contribution < 1.29 is 23.7 Å². The summed E-state index contributed by atoms with van der Waals surface area (Å²) in [7, 11) is 4.71. The Balaban J connectivity index is 1.37. The van der Waals surface area contributed by atoms with Crippen LogP contribution >= 0.6 is 11.6 Å². The van der Waals surface area contributed by atoms with Crippen molar-refractivity contribution in [1.82, 2.24) is 18.6 Å². The standard InChI is InChI=1S/C30H31ClN8O5S/c1-34(14-4-13-32)28(41)38-16-10-24(20-38)36(3)30(43)39-17-11-25(21-39)35(2)29(42)37-15-9-23(19-37)33-27(40)22-5-7-26(8-6-22)45(44)18-12-31/h5-11,15-17,19-21H,4,12,14,18H2,1-3H3,(H,33,40). The molecule has 4 rings (SSSR count). The maximum absolute atomic E-state index is 13.2. The number of rotatable bonds is 9. The number of alkyl halides is 1. The van der Waals surface area contributed by atoms with Crippen LogP contribution in [0.15, 0.2) is 84.5 Å². The summed E-state index contributed by atoms with van der Waals surface area (Å²) >= 11 is 4.42. The third-order valence-corrected chi connectivity index (χ3v) is 8.63. The summed E-state index contributed by atoms with van der Waals surface area (Å²) in [5, 5.41) is 11.5. The number of hydrogen-bond donors (Lipinski definition) is 1. The van der Waals surface area contributed by atoms with Gasteiger partial charge in [0.15, 0.2) is 4.90 Å². The van der Waals surface area contributed by atoms with E-state index >= 15 is 0 Å². The second-order valence-corrected chi connectivity index (χ2v) is 11.8. The molecule has 45 heavy (non-hydrogen) atoms. The molecule has 13 nitrogen and oxygen atoms in total. The van der Waals surface area contributed by atoms with Gasteiger partial charge in [-0.15, -0.1) is 11.6 Å². The van der Waals surface area contributed by atoms with E-state index in [2.05, 4.69) is 5.32 Å². The molecule has 1 N–H and O–H groups in total. The van der Waals surface area contributed by atoms with Gasteiger partial charge in [0.2, 0.25) is 0 Å². The topological polar surface area (TPSA) is 152 Å². The van der Waals surface area contributed by atoms with Crippen molar-refractivity contribution in [2.45, 2.75) is 11.3 Å². The number of nitrogens with one attached hydrogen (secondary N) is 1. The Hall–Kier alpha value is -4.97. The Morgan fingerprint density at radius 3 is 1.93 bits per heavy atom. The van der Waals surface area contributed by atoms with Crippen molar-refractivity contribution in [2.75, 3.05) is 54.4 Å².